The van der Waals surface area contributed by atoms with E-state index in [-0.39, 0.29) is 0 Å². The Morgan fingerprint density at radius 3 is 0.867 bits per heavy atom. The summed E-state index contributed by atoms with van der Waals surface area (Å²) < 4.78 is 0. The normalized spacial score (nSPS) is 10.9. The number of aromatic nitrogens is 3. The third-order valence-electron chi connectivity index (χ3n) is 3.64. The summed E-state index contributed by atoms with van der Waals surface area (Å²) in [5.41, 5.74) is 0. The van der Waals surface area contributed by atoms with Crippen molar-refractivity contribution in [1.29, 1.82) is 0 Å². The van der Waals surface area contributed by atoms with Crippen molar-refractivity contribution < 1.29 is 0 Å². The van der Waals surface area contributed by atoms with Crippen LogP contribution in [-0.2, 0) is 0 Å². The highest BCUT2D eigenvalue weighted by atomic mass is 35.5. The fourth-order valence-corrected chi connectivity index (χ4v) is 5.07. The maximum Gasteiger partial charge on any atom is 0.197 e. The molecule has 150 valence electrons. The van der Waals surface area contributed by atoms with E-state index in [0.29, 0.717) is 30.5 Å². The minimum Gasteiger partial charge on any atom is -0.196 e. The summed E-state index contributed by atoms with van der Waals surface area (Å²) in [6.45, 7) is 0. The minimum absolute atomic E-state index is 0.611. The van der Waals surface area contributed by atoms with Crippen LogP contribution in [0, 0.1) is 0 Å². The lowest BCUT2D eigenvalue weighted by molar-refractivity contribution is 0.717. The van der Waals surface area contributed by atoms with E-state index in [1.54, 1.807) is 0 Å². The molecule has 1 aromatic heterocycles. The topological polar surface area (TPSA) is 38.7 Å². The van der Waals surface area contributed by atoms with Crippen molar-refractivity contribution in [2.75, 3.05) is 0 Å². The lowest BCUT2D eigenvalue weighted by Crippen LogP contribution is -1.97. The molecular weight excluding hydrogens is 497 g/mol. The van der Waals surface area contributed by atoms with Crippen LogP contribution in [0.4, 0.5) is 0 Å². The Bertz CT molecular complexity index is 980. The summed E-state index contributed by atoms with van der Waals surface area (Å²) in [5, 5.41) is 3.90. The van der Waals surface area contributed by atoms with Gasteiger partial charge in [-0.1, -0.05) is 34.8 Å². The molecule has 0 unspecified atom stereocenters. The Balaban J connectivity index is 1.64. The predicted octanol–water partition coefficient (Wildman–Crippen LogP) is 8.29. The van der Waals surface area contributed by atoms with Crippen LogP contribution in [0.3, 0.4) is 0 Å². The zero-order valence-corrected chi connectivity index (χ0v) is 19.8. The Kier molecular flexibility index (Phi) is 7.46. The second-order valence-corrected chi connectivity index (χ2v) is 10.3. The quantitative estimate of drug-likeness (QED) is 0.261. The fourth-order valence-electron chi connectivity index (χ4n) is 2.28. The Hall–Kier alpha value is -1.41. The molecule has 4 aromatic rings. The van der Waals surface area contributed by atoms with Crippen molar-refractivity contribution in [2.45, 2.75) is 30.2 Å². The molecule has 1 heterocycles. The van der Waals surface area contributed by atoms with Gasteiger partial charge in [-0.05, 0) is 108 Å². The van der Waals surface area contributed by atoms with Gasteiger partial charge in [0.25, 0.3) is 0 Å². The second kappa shape index (κ2) is 10.3. The smallest absolute Gasteiger partial charge is 0.196 e. The van der Waals surface area contributed by atoms with Crippen molar-refractivity contribution in [1.82, 2.24) is 15.0 Å². The number of hydrogen-bond acceptors (Lipinski definition) is 6. The predicted molar refractivity (Wildman–Crippen MR) is 127 cm³/mol. The van der Waals surface area contributed by atoms with Crippen LogP contribution in [0.15, 0.2) is 103 Å². The molecule has 0 aliphatic heterocycles. The number of nitrogens with zero attached hydrogens (tertiary/aromatic N) is 3. The van der Waals surface area contributed by atoms with E-state index in [4.69, 9.17) is 34.8 Å². The average molecular weight is 509 g/mol. The third kappa shape index (κ3) is 6.30. The molecule has 0 fully saturated rings. The summed E-state index contributed by atoms with van der Waals surface area (Å²) in [4.78, 5) is 16.9. The van der Waals surface area contributed by atoms with Crippen molar-refractivity contribution in [3.8, 4) is 0 Å². The van der Waals surface area contributed by atoms with Crippen LogP contribution < -0.4 is 0 Å². The van der Waals surface area contributed by atoms with Crippen molar-refractivity contribution >= 4 is 70.1 Å². The summed E-state index contributed by atoms with van der Waals surface area (Å²) in [5.74, 6) is 0. The van der Waals surface area contributed by atoms with Crippen LogP contribution >= 0.6 is 70.1 Å². The van der Waals surface area contributed by atoms with Crippen LogP contribution in [0.25, 0.3) is 0 Å². The molecule has 3 nitrogen and oxygen atoms in total. The van der Waals surface area contributed by atoms with E-state index in [0.717, 1.165) is 14.7 Å². The standard InChI is InChI=1S/C21H12Cl3N3S3/c22-13-1-7-16(8-2-13)28-19-25-20(29-17-9-3-14(23)4-10-17)27-21(26-19)30-18-11-5-15(24)6-12-18/h1-12H. The van der Waals surface area contributed by atoms with Crippen molar-refractivity contribution in [3.05, 3.63) is 87.9 Å². The first kappa shape index (κ1) is 21.8. The van der Waals surface area contributed by atoms with Gasteiger partial charge in [0.05, 0.1) is 0 Å². The van der Waals surface area contributed by atoms with Gasteiger partial charge in [-0.3, -0.25) is 0 Å². The summed E-state index contributed by atoms with van der Waals surface area (Å²) in [6, 6.07) is 22.7. The number of halogens is 3. The van der Waals surface area contributed by atoms with E-state index < -0.39 is 0 Å². The van der Waals surface area contributed by atoms with E-state index >= 15 is 0 Å². The Labute approximate surface area is 202 Å². The molecule has 4 rings (SSSR count). The fraction of sp³-hybridized carbons (Fsp3) is 0. The van der Waals surface area contributed by atoms with Gasteiger partial charge in [0.1, 0.15) is 0 Å². The zero-order chi connectivity index (χ0) is 20.9. The molecule has 0 atom stereocenters. The van der Waals surface area contributed by atoms with Gasteiger partial charge < -0.3 is 0 Å². The van der Waals surface area contributed by atoms with Gasteiger partial charge in [0, 0.05) is 29.8 Å². The molecule has 0 amide bonds. The number of rotatable bonds is 6. The first-order valence-corrected chi connectivity index (χ1v) is 12.2. The molecule has 0 radical (unpaired) electrons. The molecule has 0 bridgehead atoms. The maximum absolute atomic E-state index is 5.99. The molecule has 0 aliphatic rings. The van der Waals surface area contributed by atoms with Gasteiger partial charge in [0.2, 0.25) is 0 Å². The molecule has 0 saturated carbocycles. The Morgan fingerprint density at radius 2 is 0.633 bits per heavy atom. The lowest BCUT2D eigenvalue weighted by Gasteiger charge is -2.07. The van der Waals surface area contributed by atoms with E-state index in [2.05, 4.69) is 15.0 Å². The van der Waals surface area contributed by atoms with Gasteiger partial charge in [-0.15, -0.1) is 0 Å². The van der Waals surface area contributed by atoms with Crippen LogP contribution in [0.2, 0.25) is 15.1 Å². The molecule has 0 saturated heterocycles. The average Bonchev–Trinajstić information content (AvgIpc) is 2.73. The first-order chi connectivity index (χ1) is 14.5. The molecule has 0 spiro atoms. The maximum atomic E-state index is 5.99. The van der Waals surface area contributed by atoms with Gasteiger partial charge in [0.15, 0.2) is 15.5 Å². The van der Waals surface area contributed by atoms with Gasteiger partial charge >= 0.3 is 0 Å². The first-order valence-electron chi connectivity index (χ1n) is 8.60. The number of hydrogen-bond donors (Lipinski definition) is 0. The van der Waals surface area contributed by atoms with E-state index in [1.165, 1.54) is 35.3 Å². The monoisotopic (exact) mass is 507 g/mol. The number of benzene rings is 3. The lowest BCUT2D eigenvalue weighted by atomic mass is 10.4. The van der Waals surface area contributed by atoms with Crippen molar-refractivity contribution in [3.63, 3.8) is 0 Å². The molecule has 9 heteroatoms. The zero-order valence-electron chi connectivity index (χ0n) is 15.1. The molecule has 3 aromatic carbocycles. The van der Waals surface area contributed by atoms with Crippen LogP contribution in [-0.4, -0.2) is 15.0 Å². The highest BCUT2D eigenvalue weighted by molar-refractivity contribution is 8.00. The molecule has 0 aliphatic carbocycles. The SMILES string of the molecule is Clc1ccc(Sc2nc(Sc3ccc(Cl)cc3)nc(Sc3ccc(Cl)cc3)n2)cc1. The molecule has 30 heavy (non-hydrogen) atoms. The summed E-state index contributed by atoms with van der Waals surface area (Å²) in [7, 11) is 0. The Morgan fingerprint density at radius 1 is 0.400 bits per heavy atom. The van der Waals surface area contributed by atoms with Gasteiger partial charge in [-0.2, -0.15) is 15.0 Å². The third-order valence-corrected chi connectivity index (χ3v) is 7.02. The van der Waals surface area contributed by atoms with Crippen LogP contribution in [0.5, 0.6) is 0 Å². The second-order valence-electron chi connectivity index (χ2n) is 5.85. The summed E-state index contributed by atoms with van der Waals surface area (Å²) in [6.07, 6.45) is 0. The van der Waals surface area contributed by atoms with Crippen molar-refractivity contribution in [2.24, 2.45) is 0 Å². The molecule has 0 N–H and O–H groups in total. The minimum atomic E-state index is 0.611. The van der Waals surface area contributed by atoms with Gasteiger partial charge in [-0.25, -0.2) is 0 Å². The molecular formula is C21H12Cl3N3S3. The highest BCUT2D eigenvalue weighted by Crippen LogP contribution is 2.33. The largest absolute Gasteiger partial charge is 0.197 e. The van der Waals surface area contributed by atoms with E-state index in [1.807, 2.05) is 72.8 Å². The van der Waals surface area contributed by atoms with E-state index in [9.17, 15) is 0 Å². The highest BCUT2D eigenvalue weighted by Gasteiger charge is 2.11. The van der Waals surface area contributed by atoms with Crippen LogP contribution in [0.1, 0.15) is 0 Å². The summed E-state index contributed by atoms with van der Waals surface area (Å²) >= 11 is 22.4.